The lowest BCUT2D eigenvalue weighted by Crippen LogP contribution is -2.19. The number of hydrogen-bond donors (Lipinski definition) is 1. The predicted molar refractivity (Wildman–Crippen MR) is 95.1 cm³/mol. The van der Waals surface area contributed by atoms with Gasteiger partial charge in [0.15, 0.2) is 0 Å². The van der Waals surface area contributed by atoms with Crippen molar-refractivity contribution in [3.8, 4) is 0 Å². The maximum Gasteiger partial charge on any atom is 0.269 e. The van der Waals surface area contributed by atoms with Crippen molar-refractivity contribution < 1.29 is 9.76 Å². The van der Waals surface area contributed by atoms with E-state index in [1.807, 2.05) is 18.2 Å². The molecule has 1 aliphatic rings. The number of nitrogens with zero attached hydrogens (tertiary/aromatic N) is 2. The van der Waals surface area contributed by atoms with E-state index in [0.29, 0.717) is 17.8 Å². The fraction of sp³-hybridized carbons (Fsp3) is 0.105. The molecule has 1 unspecified atom stereocenters. The molecule has 0 aliphatic carbocycles. The van der Waals surface area contributed by atoms with Crippen LogP contribution in [0, 0.1) is 10.1 Å². The van der Waals surface area contributed by atoms with E-state index in [0.717, 1.165) is 5.56 Å². The first-order chi connectivity index (χ1) is 12.2. The van der Waals surface area contributed by atoms with E-state index in [2.05, 4.69) is 34.7 Å². The van der Waals surface area contributed by atoms with Gasteiger partial charge in [-0.1, -0.05) is 54.6 Å². The van der Waals surface area contributed by atoms with E-state index >= 15 is 0 Å². The predicted octanol–water partition coefficient (Wildman–Crippen LogP) is 3.92. The number of amidine groups is 1. The summed E-state index contributed by atoms with van der Waals surface area (Å²) in [5.74, 6) is 0.702. The van der Waals surface area contributed by atoms with Gasteiger partial charge in [0.05, 0.1) is 4.92 Å². The summed E-state index contributed by atoms with van der Waals surface area (Å²) in [6.45, 7) is 0. The quantitative estimate of drug-likeness (QED) is 0.580. The summed E-state index contributed by atoms with van der Waals surface area (Å²) in [4.78, 5) is 20.5. The number of non-ortho nitro benzene ring substituents is 1. The molecule has 124 valence electrons. The Balaban J connectivity index is 1.59. The molecular formula is C19H15N3O3. The molecule has 0 amide bonds. The molecule has 1 atom stereocenters. The smallest absolute Gasteiger partial charge is 0.258 e. The number of nitro benzene ring substituents is 1. The molecule has 0 aromatic heterocycles. The highest BCUT2D eigenvalue weighted by molar-refractivity contribution is 5.92. The van der Waals surface area contributed by atoms with Crippen LogP contribution < -0.4 is 5.48 Å². The second kappa shape index (κ2) is 6.33. The molecule has 1 aliphatic heterocycles. The maximum absolute atomic E-state index is 10.9. The molecule has 0 saturated heterocycles. The summed E-state index contributed by atoms with van der Waals surface area (Å²) in [6.07, 6.45) is 0.0251. The molecule has 1 heterocycles. The van der Waals surface area contributed by atoms with Crippen molar-refractivity contribution in [2.45, 2.75) is 12.6 Å². The molecule has 0 fully saturated rings. The van der Waals surface area contributed by atoms with Crippen LogP contribution >= 0.6 is 0 Å². The molecular weight excluding hydrogens is 318 g/mol. The normalized spacial score (nSPS) is 16.5. The van der Waals surface area contributed by atoms with Crippen molar-refractivity contribution in [3.63, 3.8) is 0 Å². The van der Waals surface area contributed by atoms with Crippen molar-refractivity contribution in [1.82, 2.24) is 5.48 Å². The number of rotatable bonds is 4. The van der Waals surface area contributed by atoms with Gasteiger partial charge in [-0.15, -0.1) is 0 Å². The fourth-order valence-electron chi connectivity index (χ4n) is 2.96. The highest BCUT2D eigenvalue weighted by Crippen LogP contribution is 2.26. The number of nitrogens with one attached hydrogen (secondary N) is 1. The Labute approximate surface area is 143 Å². The van der Waals surface area contributed by atoms with Gasteiger partial charge in [-0.2, -0.15) is 0 Å². The highest BCUT2D eigenvalue weighted by Gasteiger charge is 2.22. The van der Waals surface area contributed by atoms with E-state index in [1.165, 1.54) is 22.9 Å². The zero-order chi connectivity index (χ0) is 17.2. The molecule has 0 bridgehead atoms. The third kappa shape index (κ3) is 3.07. The Morgan fingerprint density at radius 1 is 1.08 bits per heavy atom. The zero-order valence-electron chi connectivity index (χ0n) is 13.3. The van der Waals surface area contributed by atoms with Crippen LogP contribution in [0.4, 0.5) is 5.69 Å². The zero-order valence-corrected chi connectivity index (χ0v) is 13.3. The van der Waals surface area contributed by atoms with Crippen molar-refractivity contribution in [1.29, 1.82) is 0 Å². The van der Waals surface area contributed by atoms with E-state index in [-0.39, 0.29) is 5.69 Å². The first-order valence-electron chi connectivity index (χ1n) is 7.90. The molecule has 0 radical (unpaired) electrons. The van der Waals surface area contributed by atoms with E-state index < -0.39 is 11.2 Å². The van der Waals surface area contributed by atoms with Crippen LogP contribution in [0.5, 0.6) is 0 Å². The minimum Gasteiger partial charge on any atom is -0.258 e. The molecule has 3 aromatic carbocycles. The summed E-state index contributed by atoms with van der Waals surface area (Å²) < 4.78 is 0. The average Bonchev–Trinajstić information content (AvgIpc) is 3.11. The lowest BCUT2D eigenvalue weighted by Gasteiger charge is -2.06. The highest BCUT2D eigenvalue weighted by atomic mass is 16.7. The summed E-state index contributed by atoms with van der Waals surface area (Å²) in [5.41, 5.74) is 4.67. The molecule has 6 nitrogen and oxygen atoms in total. The molecule has 25 heavy (non-hydrogen) atoms. The van der Waals surface area contributed by atoms with Crippen LogP contribution in [0.15, 0.2) is 71.7 Å². The van der Waals surface area contributed by atoms with Crippen LogP contribution in [0.25, 0.3) is 10.8 Å². The van der Waals surface area contributed by atoms with Gasteiger partial charge in [0.25, 0.3) is 5.69 Å². The van der Waals surface area contributed by atoms with E-state index in [9.17, 15) is 10.1 Å². The van der Waals surface area contributed by atoms with Crippen LogP contribution in [-0.2, 0) is 11.3 Å². The van der Waals surface area contributed by atoms with Gasteiger partial charge >= 0.3 is 0 Å². The number of hydrogen-bond acceptors (Lipinski definition) is 5. The third-order valence-electron chi connectivity index (χ3n) is 4.17. The van der Waals surface area contributed by atoms with E-state index in [4.69, 9.17) is 4.84 Å². The fourth-order valence-corrected chi connectivity index (χ4v) is 2.96. The average molecular weight is 333 g/mol. The Bertz CT molecular complexity index is 979. The van der Waals surface area contributed by atoms with E-state index in [1.54, 1.807) is 12.1 Å². The molecule has 0 spiro atoms. The standard InChI is InChI=1S/C19H15N3O3/c23-22(24)16-9-4-8-15(11-16)19-20-18(21-25-19)12-14-7-3-6-13-5-1-2-10-17(13)14/h1-11,19H,12H2,(H,20,21). The van der Waals surface area contributed by atoms with Gasteiger partial charge < -0.3 is 0 Å². The Hall–Kier alpha value is -3.25. The topological polar surface area (TPSA) is 76.8 Å². The Kier molecular flexibility index (Phi) is 3.87. The van der Waals surface area contributed by atoms with Gasteiger partial charge in [-0.3, -0.25) is 15.6 Å². The van der Waals surface area contributed by atoms with Crippen LogP contribution in [-0.4, -0.2) is 10.8 Å². The molecule has 4 rings (SSSR count). The van der Waals surface area contributed by atoms with Crippen molar-refractivity contribution in [2.24, 2.45) is 4.99 Å². The number of fused-ring (bicyclic) bond motifs is 1. The van der Waals surface area contributed by atoms with Gasteiger partial charge in [0.2, 0.25) is 6.23 Å². The molecule has 0 saturated carbocycles. The monoisotopic (exact) mass is 333 g/mol. The molecule has 1 N–H and O–H groups in total. The minimum absolute atomic E-state index is 0.0267. The van der Waals surface area contributed by atoms with Gasteiger partial charge in [0.1, 0.15) is 5.84 Å². The number of benzene rings is 3. The summed E-state index contributed by atoms with van der Waals surface area (Å²) in [5, 5.41) is 13.3. The summed E-state index contributed by atoms with van der Waals surface area (Å²) >= 11 is 0. The van der Waals surface area contributed by atoms with Gasteiger partial charge in [0, 0.05) is 24.1 Å². The van der Waals surface area contributed by atoms with Crippen LogP contribution in [0.1, 0.15) is 17.4 Å². The summed E-state index contributed by atoms with van der Waals surface area (Å²) in [7, 11) is 0. The van der Waals surface area contributed by atoms with Crippen LogP contribution in [0.3, 0.4) is 0 Å². The lowest BCUT2D eigenvalue weighted by molar-refractivity contribution is -0.385. The number of nitro groups is 1. The maximum atomic E-state index is 10.9. The first-order valence-corrected chi connectivity index (χ1v) is 7.90. The second-order valence-corrected chi connectivity index (χ2v) is 5.82. The first kappa shape index (κ1) is 15.3. The largest absolute Gasteiger partial charge is 0.269 e. The number of hydroxylamine groups is 1. The SMILES string of the molecule is O=[N+]([O-])c1cccc(C2N=C(Cc3cccc4ccccc34)NO2)c1. The third-order valence-corrected chi connectivity index (χ3v) is 4.17. The van der Waals surface area contributed by atoms with Crippen molar-refractivity contribution in [2.75, 3.05) is 0 Å². The van der Waals surface area contributed by atoms with Crippen molar-refractivity contribution >= 4 is 22.3 Å². The van der Waals surface area contributed by atoms with Gasteiger partial charge in [-0.05, 0) is 16.3 Å². The van der Waals surface area contributed by atoms with Gasteiger partial charge in [-0.25, -0.2) is 9.83 Å². The van der Waals surface area contributed by atoms with Crippen LogP contribution in [0.2, 0.25) is 0 Å². The van der Waals surface area contributed by atoms with Crippen molar-refractivity contribution in [3.05, 3.63) is 88.0 Å². The minimum atomic E-state index is -0.579. The Morgan fingerprint density at radius 3 is 2.76 bits per heavy atom. The Morgan fingerprint density at radius 2 is 1.88 bits per heavy atom. The summed E-state index contributed by atoms with van der Waals surface area (Å²) in [6, 6.07) is 20.7. The number of aliphatic imine (C=N–C) groups is 1. The lowest BCUT2D eigenvalue weighted by atomic mass is 10.0. The molecule has 3 aromatic rings. The molecule has 6 heteroatoms. The second-order valence-electron chi connectivity index (χ2n) is 5.82.